The number of hydrogen-bond acceptors (Lipinski definition) is 4. The van der Waals surface area contributed by atoms with Crippen LogP contribution in [-0.4, -0.2) is 28.2 Å². The van der Waals surface area contributed by atoms with E-state index in [0.29, 0.717) is 17.0 Å². The van der Waals surface area contributed by atoms with Gasteiger partial charge in [0.15, 0.2) is 6.29 Å². The van der Waals surface area contributed by atoms with Crippen molar-refractivity contribution >= 4 is 29.9 Å². The number of rotatable bonds is 3. The number of hydrogen-bond donors (Lipinski definition) is 2. The minimum absolute atomic E-state index is 0.486. The van der Waals surface area contributed by atoms with E-state index >= 15 is 0 Å². The minimum Gasteiger partial charge on any atom is -0.372 e. The van der Waals surface area contributed by atoms with Gasteiger partial charge in [0.1, 0.15) is 0 Å². The lowest BCUT2D eigenvalue weighted by Gasteiger charge is -2.23. The molecule has 0 saturated heterocycles. The van der Waals surface area contributed by atoms with E-state index in [1.807, 2.05) is 48.6 Å². The van der Waals surface area contributed by atoms with E-state index in [1.165, 1.54) is 0 Å². The van der Waals surface area contributed by atoms with E-state index in [1.54, 1.807) is 18.2 Å². The summed E-state index contributed by atoms with van der Waals surface area (Å²) < 4.78 is 8.87. The van der Waals surface area contributed by atoms with Gasteiger partial charge >= 0.3 is 0 Å². The lowest BCUT2D eigenvalue weighted by Crippen LogP contribution is -2.36. The van der Waals surface area contributed by atoms with Crippen molar-refractivity contribution in [2.45, 2.75) is 11.9 Å². The summed E-state index contributed by atoms with van der Waals surface area (Å²) in [5.41, 5.74) is 3.86. The van der Waals surface area contributed by atoms with Crippen molar-refractivity contribution in [3.63, 3.8) is 0 Å². The van der Waals surface area contributed by atoms with Crippen LogP contribution in [0.4, 0.5) is 0 Å². The van der Waals surface area contributed by atoms with Gasteiger partial charge in [0, 0.05) is 29.7 Å². The summed E-state index contributed by atoms with van der Waals surface area (Å²) in [4.78, 5) is 24.3. The normalized spacial score (nSPS) is 32.6. The lowest BCUT2D eigenvalue weighted by atomic mass is 9.93. The predicted octanol–water partition coefficient (Wildman–Crippen LogP) is 2.31. The Bertz CT molecular complexity index is 1380. The van der Waals surface area contributed by atoms with Gasteiger partial charge in [-0.3, -0.25) is 4.79 Å². The molecule has 5 nitrogen and oxygen atoms in total. The fourth-order valence-corrected chi connectivity index (χ4v) is 3.82. The molecule has 4 aliphatic heterocycles. The molecule has 0 spiro atoms. The molecule has 0 radical (unpaired) electrons. The summed E-state index contributed by atoms with van der Waals surface area (Å²) in [7, 11) is 0. The Labute approximate surface area is 175 Å². The standard InChI is InChI=1S/C25H20N4O/c1-3-16-13-25(4-2)14-22-9-17(15-30)23(28-22)11-20-7-5-18(26-20)10-19-6-8-21(27-19)12-24(16)29-25/h3-12,14-15,26,29H,1-2,13H2/b18-10-,20-11-,21-12-,22-14-/i13D. The fraction of sp³-hybridized carbons (Fsp3) is 0.0800. The zero-order valence-corrected chi connectivity index (χ0v) is 16.2. The van der Waals surface area contributed by atoms with Crippen LogP contribution in [0.25, 0.3) is 12.2 Å². The Morgan fingerprint density at radius 1 is 1.07 bits per heavy atom. The van der Waals surface area contributed by atoms with Crippen LogP contribution in [0, 0.1) is 0 Å². The van der Waals surface area contributed by atoms with Gasteiger partial charge in [0.05, 0.1) is 28.4 Å². The van der Waals surface area contributed by atoms with Gasteiger partial charge in [0.2, 0.25) is 0 Å². The molecular weight excluding hydrogens is 372 g/mol. The first-order valence-corrected chi connectivity index (χ1v) is 9.60. The summed E-state index contributed by atoms with van der Waals surface area (Å²) in [6.45, 7) is 7.88. The topological polar surface area (TPSA) is 69.6 Å². The van der Waals surface area contributed by atoms with Crippen molar-refractivity contribution in [2.75, 3.05) is 0 Å². The maximum atomic E-state index is 11.7. The van der Waals surface area contributed by atoms with Crippen molar-refractivity contribution in [3.8, 4) is 0 Å². The highest BCUT2D eigenvalue weighted by molar-refractivity contribution is 6.31. The average molecular weight is 393 g/mol. The summed E-state index contributed by atoms with van der Waals surface area (Å²) in [5.74, 6) is 0. The lowest BCUT2D eigenvalue weighted by molar-refractivity contribution is -0.104. The molecule has 2 unspecified atom stereocenters. The molecule has 0 aliphatic carbocycles. The van der Waals surface area contributed by atoms with Crippen molar-refractivity contribution in [1.29, 1.82) is 0 Å². The van der Waals surface area contributed by atoms with Gasteiger partial charge in [-0.25, -0.2) is 9.98 Å². The smallest absolute Gasteiger partial charge is 0.152 e. The number of fused-ring (bicyclic) bond motifs is 6. The first-order valence-electron chi connectivity index (χ1n) is 10.2. The maximum Gasteiger partial charge on any atom is 0.152 e. The van der Waals surface area contributed by atoms with Crippen LogP contribution in [-0.2, 0) is 4.79 Å². The van der Waals surface area contributed by atoms with Crippen molar-refractivity contribution in [2.24, 2.45) is 9.98 Å². The zero-order valence-electron chi connectivity index (χ0n) is 17.2. The third-order valence-corrected chi connectivity index (χ3v) is 5.28. The van der Waals surface area contributed by atoms with Gasteiger partial charge in [-0.2, -0.15) is 0 Å². The molecule has 4 aliphatic rings. The number of allylic oxidation sites excluding steroid dienone is 6. The van der Waals surface area contributed by atoms with Crippen LogP contribution < -0.4 is 16.0 Å². The number of carbonyl (C=O) groups is 1. The molecule has 2 atom stereocenters. The third kappa shape index (κ3) is 3.10. The predicted molar refractivity (Wildman–Crippen MR) is 121 cm³/mol. The fourth-order valence-electron chi connectivity index (χ4n) is 3.82. The molecule has 1 aromatic rings. The largest absolute Gasteiger partial charge is 0.372 e. The number of carbonyl (C=O) groups excluding carboxylic acids is 1. The van der Waals surface area contributed by atoms with Crippen molar-refractivity contribution < 1.29 is 6.17 Å². The van der Waals surface area contributed by atoms with Gasteiger partial charge < -0.3 is 10.3 Å². The van der Waals surface area contributed by atoms with E-state index in [0.717, 1.165) is 39.7 Å². The Balaban J connectivity index is 1.77. The summed E-state index contributed by atoms with van der Waals surface area (Å²) in [5, 5.41) is 5.15. The SMILES string of the molecule is [2H]C1C(C=C)=C2/C=C3/C=CC(=N3)/C=c3/cc/c([nH]3)=C/C3=NC(=C\C1(C=C)N2)/C=C3C=O. The van der Waals surface area contributed by atoms with Gasteiger partial charge in [-0.05, 0) is 60.2 Å². The first-order chi connectivity index (χ1) is 15.0. The van der Waals surface area contributed by atoms with Gasteiger partial charge in [0.25, 0.3) is 0 Å². The van der Waals surface area contributed by atoms with Crippen LogP contribution in [0.1, 0.15) is 7.77 Å². The van der Waals surface area contributed by atoms with Crippen LogP contribution in [0.2, 0.25) is 0 Å². The molecule has 5 rings (SSSR count). The molecule has 146 valence electrons. The molecule has 8 bridgehead atoms. The van der Waals surface area contributed by atoms with Gasteiger partial charge in [-0.1, -0.05) is 18.7 Å². The molecule has 0 aromatic carbocycles. The monoisotopic (exact) mass is 393 g/mol. The van der Waals surface area contributed by atoms with E-state index < -0.39 is 11.9 Å². The van der Waals surface area contributed by atoms with E-state index in [2.05, 4.69) is 33.4 Å². The number of H-pyrrole nitrogens is 1. The Kier molecular flexibility index (Phi) is 3.84. The molecule has 5 heteroatoms. The second-order valence-corrected chi connectivity index (χ2v) is 7.36. The molecular formula is C25H20N4O. The number of aldehydes is 1. The molecule has 5 heterocycles. The number of aliphatic imine (C=N–C) groups is 2. The molecule has 1 aromatic heterocycles. The second kappa shape index (κ2) is 6.81. The highest BCUT2D eigenvalue weighted by Gasteiger charge is 2.33. The van der Waals surface area contributed by atoms with E-state index in [4.69, 9.17) is 1.37 Å². The van der Waals surface area contributed by atoms with Crippen molar-refractivity contribution in [3.05, 3.63) is 107 Å². The third-order valence-electron chi connectivity index (χ3n) is 5.28. The maximum absolute atomic E-state index is 11.7. The molecule has 0 saturated carbocycles. The summed E-state index contributed by atoms with van der Waals surface area (Å²) in [6, 6.07) is 3.89. The van der Waals surface area contributed by atoms with Gasteiger partial charge in [-0.15, -0.1) is 6.58 Å². The number of aromatic amines is 1. The summed E-state index contributed by atoms with van der Waals surface area (Å²) >= 11 is 0. The highest BCUT2D eigenvalue weighted by atomic mass is 16.1. The number of aromatic nitrogens is 1. The molecule has 30 heavy (non-hydrogen) atoms. The van der Waals surface area contributed by atoms with Crippen molar-refractivity contribution in [1.82, 2.24) is 10.3 Å². The second-order valence-electron chi connectivity index (χ2n) is 7.36. The highest BCUT2D eigenvalue weighted by Crippen LogP contribution is 2.34. The van der Waals surface area contributed by atoms with Crippen LogP contribution in [0.3, 0.4) is 0 Å². The van der Waals surface area contributed by atoms with E-state index in [-0.39, 0.29) is 0 Å². The summed E-state index contributed by atoms with van der Waals surface area (Å²) in [6.07, 6.45) is 16.7. The number of nitrogens with one attached hydrogen (secondary N) is 2. The Morgan fingerprint density at radius 2 is 1.90 bits per heavy atom. The molecule has 0 amide bonds. The van der Waals surface area contributed by atoms with E-state index in [9.17, 15) is 4.79 Å². The van der Waals surface area contributed by atoms with Crippen LogP contribution in [0.15, 0.2) is 106 Å². The molecule has 2 N–H and O–H groups in total. The van der Waals surface area contributed by atoms with Crippen LogP contribution >= 0.6 is 0 Å². The Hall–Kier alpha value is -3.99. The minimum atomic E-state index is -0.896. The average Bonchev–Trinajstić information content (AvgIpc) is 3.52. The Morgan fingerprint density at radius 3 is 2.67 bits per heavy atom. The molecule has 0 fully saturated rings. The zero-order chi connectivity index (χ0) is 21.6. The first kappa shape index (κ1) is 16.9. The number of nitrogens with zero attached hydrogens (tertiary/aromatic N) is 2. The quantitative estimate of drug-likeness (QED) is 0.611. The van der Waals surface area contributed by atoms with Crippen LogP contribution in [0.5, 0.6) is 0 Å².